The number of carbonyl (C=O) groups is 1. The van der Waals surface area contributed by atoms with Crippen molar-refractivity contribution < 1.29 is 4.79 Å². The van der Waals surface area contributed by atoms with E-state index >= 15 is 0 Å². The van der Waals surface area contributed by atoms with E-state index in [0.717, 1.165) is 70.9 Å². The number of rotatable bonds is 7. The Bertz CT molecular complexity index is 800. The van der Waals surface area contributed by atoms with Crippen LogP contribution in [0, 0.1) is 0 Å². The summed E-state index contributed by atoms with van der Waals surface area (Å²) in [5.41, 5.74) is 3.47. The molecule has 0 saturated carbocycles. The summed E-state index contributed by atoms with van der Waals surface area (Å²) in [6.45, 7) is 10.8. The highest BCUT2D eigenvalue weighted by Gasteiger charge is 2.30. The van der Waals surface area contributed by atoms with Crippen molar-refractivity contribution in [3.63, 3.8) is 0 Å². The van der Waals surface area contributed by atoms with Gasteiger partial charge < -0.3 is 10.2 Å². The molecule has 2 heterocycles. The molecule has 2 aromatic rings. The van der Waals surface area contributed by atoms with E-state index in [1.54, 1.807) is 0 Å². The van der Waals surface area contributed by atoms with Gasteiger partial charge in [0.15, 0.2) is 0 Å². The molecule has 30 heavy (non-hydrogen) atoms. The zero-order valence-corrected chi connectivity index (χ0v) is 18.1. The molecule has 2 saturated heterocycles. The second kappa shape index (κ2) is 10.2. The molecule has 2 aliphatic heterocycles. The number of hydrogen-bond acceptors (Lipinski definition) is 4. The molecule has 1 unspecified atom stereocenters. The molecule has 1 atom stereocenters. The van der Waals surface area contributed by atoms with Crippen LogP contribution in [0.2, 0.25) is 0 Å². The Hall–Kier alpha value is -2.21. The van der Waals surface area contributed by atoms with E-state index < -0.39 is 0 Å². The summed E-state index contributed by atoms with van der Waals surface area (Å²) in [6, 6.07) is 18.8. The molecule has 0 radical (unpaired) electrons. The number of nitrogens with one attached hydrogen (secondary N) is 1. The fourth-order valence-corrected chi connectivity index (χ4v) is 4.57. The molecule has 1 amide bonds. The molecule has 2 aliphatic rings. The zero-order chi connectivity index (χ0) is 20.8. The lowest BCUT2D eigenvalue weighted by Crippen LogP contribution is -2.45. The third-order valence-corrected chi connectivity index (χ3v) is 6.43. The van der Waals surface area contributed by atoms with Crippen molar-refractivity contribution in [1.29, 1.82) is 0 Å². The van der Waals surface area contributed by atoms with Crippen molar-refractivity contribution in [3.05, 3.63) is 65.7 Å². The smallest absolute Gasteiger partial charge is 0.241 e. The van der Waals surface area contributed by atoms with Crippen LogP contribution in [0.3, 0.4) is 0 Å². The van der Waals surface area contributed by atoms with Crippen molar-refractivity contribution in [1.82, 2.24) is 14.7 Å². The summed E-state index contributed by atoms with van der Waals surface area (Å²) >= 11 is 0. The minimum Gasteiger partial charge on any atom is -0.325 e. The van der Waals surface area contributed by atoms with Crippen molar-refractivity contribution in [3.8, 4) is 0 Å². The lowest BCUT2D eigenvalue weighted by atomic mass is 10.1. The topological polar surface area (TPSA) is 38.8 Å². The Balaban J connectivity index is 1.29. The van der Waals surface area contributed by atoms with Crippen molar-refractivity contribution >= 4 is 11.6 Å². The second-order valence-corrected chi connectivity index (χ2v) is 8.51. The molecule has 2 fully saturated rings. The highest BCUT2D eigenvalue weighted by atomic mass is 16.2. The maximum absolute atomic E-state index is 12.9. The molecule has 1 N–H and O–H groups in total. The van der Waals surface area contributed by atoms with E-state index in [4.69, 9.17) is 0 Å². The molecule has 0 aromatic heterocycles. The summed E-state index contributed by atoms with van der Waals surface area (Å²) < 4.78 is 0. The van der Waals surface area contributed by atoms with Gasteiger partial charge in [0.1, 0.15) is 0 Å². The van der Waals surface area contributed by atoms with Gasteiger partial charge in [-0.1, -0.05) is 49.4 Å². The first-order valence-corrected chi connectivity index (χ1v) is 11.3. The van der Waals surface area contributed by atoms with Crippen LogP contribution in [0.15, 0.2) is 54.6 Å². The number of anilines is 1. The average Bonchev–Trinajstić information content (AvgIpc) is 3.24. The molecule has 0 spiro atoms. The summed E-state index contributed by atoms with van der Waals surface area (Å²) in [6.07, 6.45) is 2.01. The molecular weight excluding hydrogens is 372 g/mol. The van der Waals surface area contributed by atoms with Crippen LogP contribution in [-0.2, 0) is 17.9 Å². The largest absolute Gasteiger partial charge is 0.325 e. The van der Waals surface area contributed by atoms with Gasteiger partial charge in [0, 0.05) is 45.0 Å². The minimum atomic E-state index is -0.0419. The summed E-state index contributed by atoms with van der Waals surface area (Å²) in [5.74, 6) is 0.117. The number of piperazine rings is 1. The van der Waals surface area contributed by atoms with Crippen molar-refractivity contribution in [2.24, 2.45) is 0 Å². The lowest BCUT2D eigenvalue weighted by Gasteiger charge is -2.34. The average molecular weight is 407 g/mol. The highest BCUT2D eigenvalue weighted by Crippen LogP contribution is 2.22. The van der Waals surface area contributed by atoms with Crippen LogP contribution in [0.4, 0.5) is 5.69 Å². The van der Waals surface area contributed by atoms with Crippen LogP contribution in [0.25, 0.3) is 0 Å². The first-order valence-electron chi connectivity index (χ1n) is 11.3. The predicted octanol–water partition coefficient (Wildman–Crippen LogP) is 3.43. The standard InChI is InChI=1S/C25H34N4O/c1-2-27-15-17-28(18-16-27)19-22-10-12-23(13-11-22)26-25(30)24-9-6-14-29(24)20-21-7-4-3-5-8-21/h3-5,7-8,10-13,24H,2,6,9,14-20H2,1H3,(H,26,30). The first-order chi connectivity index (χ1) is 14.7. The summed E-state index contributed by atoms with van der Waals surface area (Å²) in [4.78, 5) is 20.2. The number of likely N-dealkylation sites (N-methyl/N-ethyl adjacent to an activating group) is 1. The van der Waals surface area contributed by atoms with Crippen molar-refractivity contribution in [2.45, 2.75) is 38.9 Å². The lowest BCUT2D eigenvalue weighted by molar-refractivity contribution is -0.120. The quantitative estimate of drug-likeness (QED) is 0.765. The van der Waals surface area contributed by atoms with Gasteiger partial charge >= 0.3 is 0 Å². The Labute approximate surface area is 180 Å². The summed E-state index contributed by atoms with van der Waals surface area (Å²) in [5, 5.41) is 3.14. The van der Waals surface area contributed by atoms with Crippen LogP contribution in [-0.4, -0.2) is 65.9 Å². The number of nitrogens with zero attached hydrogens (tertiary/aromatic N) is 3. The van der Waals surface area contributed by atoms with E-state index in [9.17, 15) is 4.79 Å². The van der Waals surface area contributed by atoms with Gasteiger partial charge in [-0.3, -0.25) is 14.6 Å². The monoisotopic (exact) mass is 406 g/mol. The Morgan fingerprint density at radius 1 is 0.867 bits per heavy atom. The molecule has 4 rings (SSSR count). The Morgan fingerprint density at radius 2 is 1.53 bits per heavy atom. The molecule has 5 nitrogen and oxygen atoms in total. The van der Waals surface area contributed by atoms with E-state index in [1.165, 1.54) is 11.1 Å². The van der Waals surface area contributed by atoms with Gasteiger partial charge in [-0.15, -0.1) is 0 Å². The number of hydrogen-bond donors (Lipinski definition) is 1. The number of likely N-dealkylation sites (tertiary alicyclic amines) is 1. The molecule has 5 heteroatoms. The Kier molecular flexibility index (Phi) is 7.16. The van der Waals surface area contributed by atoms with Gasteiger partial charge in [0.25, 0.3) is 0 Å². The molecule has 2 aromatic carbocycles. The molecular formula is C25H34N4O. The third kappa shape index (κ3) is 5.48. The van der Waals surface area contributed by atoms with Gasteiger partial charge in [-0.2, -0.15) is 0 Å². The van der Waals surface area contributed by atoms with Crippen LogP contribution >= 0.6 is 0 Å². The number of amides is 1. The van der Waals surface area contributed by atoms with Crippen molar-refractivity contribution in [2.75, 3.05) is 44.6 Å². The SMILES string of the molecule is CCN1CCN(Cc2ccc(NC(=O)C3CCCN3Cc3ccccc3)cc2)CC1. The van der Waals surface area contributed by atoms with E-state index in [1.807, 2.05) is 18.2 Å². The van der Waals surface area contributed by atoms with Gasteiger partial charge in [-0.25, -0.2) is 0 Å². The van der Waals surface area contributed by atoms with E-state index in [2.05, 4.69) is 63.3 Å². The fraction of sp³-hybridized carbons (Fsp3) is 0.480. The van der Waals surface area contributed by atoms with E-state index in [-0.39, 0.29) is 11.9 Å². The summed E-state index contributed by atoms with van der Waals surface area (Å²) in [7, 11) is 0. The predicted molar refractivity (Wildman–Crippen MR) is 122 cm³/mol. The maximum Gasteiger partial charge on any atom is 0.241 e. The third-order valence-electron chi connectivity index (χ3n) is 6.43. The highest BCUT2D eigenvalue weighted by molar-refractivity contribution is 5.95. The number of benzene rings is 2. The van der Waals surface area contributed by atoms with Crippen LogP contribution in [0.5, 0.6) is 0 Å². The molecule has 0 bridgehead atoms. The minimum absolute atomic E-state index is 0.0419. The normalized spacial score (nSPS) is 21.0. The van der Waals surface area contributed by atoms with E-state index in [0.29, 0.717) is 0 Å². The van der Waals surface area contributed by atoms with Gasteiger partial charge in [0.2, 0.25) is 5.91 Å². The molecule has 0 aliphatic carbocycles. The second-order valence-electron chi connectivity index (χ2n) is 8.51. The van der Waals surface area contributed by atoms with Gasteiger partial charge in [-0.05, 0) is 49.2 Å². The molecule has 160 valence electrons. The Morgan fingerprint density at radius 3 is 2.23 bits per heavy atom. The fourth-order valence-electron chi connectivity index (χ4n) is 4.57. The first kappa shape index (κ1) is 21.0. The van der Waals surface area contributed by atoms with Crippen LogP contribution < -0.4 is 5.32 Å². The number of carbonyl (C=O) groups excluding carboxylic acids is 1. The zero-order valence-electron chi connectivity index (χ0n) is 18.1. The maximum atomic E-state index is 12.9. The van der Waals surface area contributed by atoms with Crippen LogP contribution in [0.1, 0.15) is 30.9 Å². The van der Waals surface area contributed by atoms with Gasteiger partial charge in [0.05, 0.1) is 6.04 Å².